The minimum absolute atomic E-state index is 0.337. The van der Waals surface area contributed by atoms with Crippen LogP contribution in [0.25, 0.3) is 0 Å². The van der Waals surface area contributed by atoms with Gasteiger partial charge in [0.05, 0.1) is 7.11 Å². The van der Waals surface area contributed by atoms with Crippen molar-refractivity contribution in [1.29, 1.82) is 0 Å². The van der Waals surface area contributed by atoms with Gasteiger partial charge in [-0.25, -0.2) is 0 Å². The van der Waals surface area contributed by atoms with Crippen LogP contribution in [0.3, 0.4) is 0 Å². The molecule has 1 saturated heterocycles. The maximum absolute atomic E-state index is 10.8. The van der Waals surface area contributed by atoms with E-state index in [1.165, 1.54) is 0 Å². The van der Waals surface area contributed by atoms with E-state index in [1.807, 2.05) is 12.1 Å². The zero-order chi connectivity index (χ0) is 13.0. The van der Waals surface area contributed by atoms with Gasteiger partial charge in [-0.15, -0.1) is 0 Å². The van der Waals surface area contributed by atoms with Crippen molar-refractivity contribution in [3.05, 3.63) is 29.3 Å². The van der Waals surface area contributed by atoms with Crippen molar-refractivity contribution < 1.29 is 9.53 Å². The van der Waals surface area contributed by atoms with E-state index in [2.05, 4.69) is 4.90 Å². The predicted molar refractivity (Wildman–Crippen MR) is 70.9 cm³/mol. The molecular formula is C14H20N2O2. The molecule has 0 bridgehead atoms. The highest BCUT2D eigenvalue weighted by Crippen LogP contribution is 2.22. The minimum atomic E-state index is 0.337. The quantitative estimate of drug-likeness (QED) is 0.819. The molecule has 4 heteroatoms. The SMILES string of the molecule is COc1ccc(C=O)cc1CN1CCC(N)CC1. The molecule has 0 saturated carbocycles. The molecule has 2 rings (SSSR count). The Kier molecular flexibility index (Phi) is 4.33. The lowest BCUT2D eigenvalue weighted by Crippen LogP contribution is -2.39. The van der Waals surface area contributed by atoms with Crippen LogP contribution >= 0.6 is 0 Å². The molecule has 0 amide bonds. The molecule has 1 heterocycles. The van der Waals surface area contributed by atoms with Gasteiger partial charge in [0.1, 0.15) is 12.0 Å². The highest BCUT2D eigenvalue weighted by molar-refractivity contribution is 5.75. The molecule has 0 unspecified atom stereocenters. The van der Waals surface area contributed by atoms with Gasteiger partial charge in [0, 0.05) is 23.7 Å². The molecule has 98 valence electrons. The number of rotatable bonds is 4. The maximum atomic E-state index is 10.8. The predicted octanol–water partition coefficient (Wildman–Crippen LogP) is 1.43. The third kappa shape index (κ3) is 3.09. The first-order chi connectivity index (χ1) is 8.72. The molecule has 1 aromatic carbocycles. The Morgan fingerprint density at radius 1 is 1.44 bits per heavy atom. The average Bonchev–Trinajstić information content (AvgIpc) is 2.41. The van der Waals surface area contributed by atoms with E-state index in [9.17, 15) is 4.79 Å². The maximum Gasteiger partial charge on any atom is 0.150 e. The Morgan fingerprint density at radius 3 is 2.78 bits per heavy atom. The van der Waals surface area contributed by atoms with E-state index in [0.717, 1.165) is 50.1 Å². The molecule has 4 nitrogen and oxygen atoms in total. The summed E-state index contributed by atoms with van der Waals surface area (Å²) in [6.07, 6.45) is 2.94. The summed E-state index contributed by atoms with van der Waals surface area (Å²) < 4.78 is 5.34. The Labute approximate surface area is 108 Å². The summed E-state index contributed by atoms with van der Waals surface area (Å²) in [6, 6.07) is 5.88. The van der Waals surface area contributed by atoms with Crippen molar-refractivity contribution in [3.8, 4) is 5.75 Å². The number of carbonyl (C=O) groups excluding carboxylic acids is 1. The number of nitrogens with two attached hydrogens (primary N) is 1. The Morgan fingerprint density at radius 2 is 2.17 bits per heavy atom. The summed E-state index contributed by atoms with van der Waals surface area (Å²) in [5, 5.41) is 0. The first kappa shape index (κ1) is 13.1. The number of methoxy groups -OCH3 is 1. The topological polar surface area (TPSA) is 55.6 Å². The smallest absolute Gasteiger partial charge is 0.150 e. The van der Waals surface area contributed by atoms with Crippen molar-refractivity contribution in [1.82, 2.24) is 4.90 Å². The molecule has 1 aliphatic heterocycles. The molecule has 18 heavy (non-hydrogen) atoms. The van der Waals surface area contributed by atoms with E-state index < -0.39 is 0 Å². The highest BCUT2D eigenvalue weighted by atomic mass is 16.5. The molecule has 0 aliphatic carbocycles. The van der Waals surface area contributed by atoms with Gasteiger partial charge in [-0.1, -0.05) is 0 Å². The van der Waals surface area contributed by atoms with Crippen LogP contribution in [0.1, 0.15) is 28.8 Å². The van der Waals surface area contributed by atoms with E-state index in [-0.39, 0.29) is 0 Å². The fourth-order valence-electron chi connectivity index (χ4n) is 2.35. The van der Waals surface area contributed by atoms with Gasteiger partial charge < -0.3 is 10.5 Å². The lowest BCUT2D eigenvalue weighted by atomic mass is 10.0. The third-order valence-electron chi connectivity index (χ3n) is 3.47. The van der Waals surface area contributed by atoms with Gasteiger partial charge in [0.25, 0.3) is 0 Å². The van der Waals surface area contributed by atoms with Crippen LogP contribution in [0.5, 0.6) is 5.75 Å². The molecule has 0 atom stereocenters. The minimum Gasteiger partial charge on any atom is -0.496 e. The molecule has 2 N–H and O–H groups in total. The number of likely N-dealkylation sites (tertiary alicyclic amines) is 1. The van der Waals surface area contributed by atoms with E-state index in [4.69, 9.17) is 10.5 Å². The number of ether oxygens (including phenoxy) is 1. The van der Waals surface area contributed by atoms with Gasteiger partial charge in [-0.05, 0) is 44.1 Å². The van der Waals surface area contributed by atoms with Crippen molar-refractivity contribution >= 4 is 6.29 Å². The van der Waals surface area contributed by atoms with E-state index in [0.29, 0.717) is 11.6 Å². The Bertz CT molecular complexity index is 412. The second kappa shape index (κ2) is 5.98. The average molecular weight is 248 g/mol. The van der Waals surface area contributed by atoms with Gasteiger partial charge in [0.15, 0.2) is 0 Å². The normalized spacial score (nSPS) is 17.7. The Hall–Kier alpha value is -1.39. The summed E-state index contributed by atoms with van der Waals surface area (Å²) in [7, 11) is 1.66. The molecular weight excluding hydrogens is 228 g/mol. The first-order valence-electron chi connectivity index (χ1n) is 6.33. The summed E-state index contributed by atoms with van der Waals surface area (Å²) in [4.78, 5) is 13.2. The van der Waals surface area contributed by atoms with Crippen LogP contribution in [0.4, 0.5) is 0 Å². The van der Waals surface area contributed by atoms with Crippen LogP contribution in [0, 0.1) is 0 Å². The second-order valence-corrected chi connectivity index (χ2v) is 4.80. The van der Waals surface area contributed by atoms with Gasteiger partial charge in [0.2, 0.25) is 0 Å². The first-order valence-corrected chi connectivity index (χ1v) is 6.33. The molecule has 0 spiro atoms. The van der Waals surface area contributed by atoms with E-state index in [1.54, 1.807) is 13.2 Å². The van der Waals surface area contributed by atoms with Gasteiger partial charge in [-0.2, -0.15) is 0 Å². The summed E-state index contributed by atoms with van der Waals surface area (Å²) in [5.41, 5.74) is 7.66. The highest BCUT2D eigenvalue weighted by Gasteiger charge is 2.17. The van der Waals surface area contributed by atoms with Crippen molar-refractivity contribution in [2.24, 2.45) is 5.73 Å². The Balaban J connectivity index is 2.09. The van der Waals surface area contributed by atoms with Gasteiger partial charge in [-0.3, -0.25) is 9.69 Å². The fraction of sp³-hybridized carbons (Fsp3) is 0.500. The lowest BCUT2D eigenvalue weighted by Gasteiger charge is -2.30. The monoisotopic (exact) mass is 248 g/mol. The van der Waals surface area contributed by atoms with Crippen molar-refractivity contribution in [2.75, 3.05) is 20.2 Å². The largest absolute Gasteiger partial charge is 0.496 e. The number of hydrogen-bond donors (Lipinski definition) is 1. The van der Waals surface area contributed by atoms with Crippen LogP contribution < -0.4 is 10.5 Å². The zero-order valence-corrected chi connectivity index (χ0v) is 10.8. The van der Waals surface area contributed by atoms with Crippen LogP contribution in [-0.2, 0) is 6.54 Å². The third-order valence-corrected chi connectivity index (χ3v) is 3.47. The summed E-state index contributed by atoms with van der Waals surface area (Å²) >= 11 is 0. The van der Waals surface area contributed by atoms with Crippen molar-refractivity contribution in [3.63, 3.8) is 0 Å². The number of aldehydes is 1. The number of hydrogen-bond acceptors (Lipinski definition) is 4. The zero-order valence-electron chi connectivity index (χ0n) is 10.8. The van der Waals surface area contributed by atoms with Crippen LogP contribution in [0.2, 0.25) is 0 Å². The number of benzene rings is 1. The lowest BCUT2D eigenvalue weighted by molar-refractivity contribution is 0.112. The van der Waals surface area contributed by atoms with Gasteiger partial charge >= 0.3 is 0 Å². The standard InChI is InChI=1S/C14H20N2O2/c1-18-14-3-2-11(10-17)8-12(14)9-16-6-4-13(15)5-7-16/h2-3,8,10,13H,4-7,9,15H2,1H3. The molecule has 0 radical (unpaired) electrons. The van der Waals surface area contributed by atoms with E-state index >= 15 is 0 Å². The van der Waals surface area contributed by atoms with Crippen LogP contribution in [0.15, 0.2) is 18.2 Å². The number of nitrogens with zero attached hydrogens (tertiary/aromatic N) is 1. The summed E-state index contributed by atoms with van der Waals surface area (Å²) in [5.74, 6) is 0.843. The second-order valence-electron chi connectivity index (χ2n) is 4.80. The van der Waals surface area contributed by atoms with Crippen molar-refractivity contribution in [2.45, 2.75) is 25.4 Å². The molecule has 1 aromatic rings. The fourth-order valence-corrected chi connectivity index (χ4v) is 2.35. The molecule has 0 aromatic heterocycles. The molecule has 1 aliphatic rings. The molecule has 1 fully saturated rings. The van der Waals surface area contributed by atoms with Crippen LogP contribution in [-0.4, -0.2) is 37.4 Å². The number of piperidine rings is 1. The number of carbonyl (C=O) groups is 1. The summed E-state index contributed by atoms with van der Waals surface area (Å²) in [6.45, 7) is 2.84.